The van der Waals surface area contributed by atoms with E-state index in [4.69, 9.17) is 0 Å². The molecule has 0 bridgehead atoms. The third-order valence-electron chi connectivity index (χ3n) is 14.7. The quantitative estimate of drug-likeness (QED) is 0.168. The van der Waals surface area contributed by atoms with E-state index in [9.17, 15) is 10.5 Å². The lowest BCUT2D eigenvalue weighted by atomic mass is 9.29. The first-order valence-corrected chi connectivity index (χ1v) is 21.1. The summed E-state index contributed by atoms with van der Waals surface area (Å²) in [5, 5.41) is 19.2. The van der Waals surface area contributed by atoms with Crippen LogP contribution in [0.3, 0.4) is 0 Å². The van der Waals surface area contributed by atoms with E-state index in [1.54, 1.807) is 0 Å². The minimum absolute atomic E-state index is 0.00922. The van der Waals surface area contributed by atoms with E-state index in [0.29, 0.717) is 11.1 Å². The van der Waals surface area contributed by atoms with Crippen LogP contribution in [0.1, 0.15) is 72.3 Å². The van der Waals surface area contributed by atoms with E-state index in [2.05, 4.69) is 166 Å². The zero-order valence-corrected chi connectivity index (χ0v) is 36.7. The van der Waals surface area contributed by atoms with Gasteiger partial charge in [-0.1, -0.05) is 99.4 Å². The topological polar surface area (TPSA) is 50.8 Å². The van der Waals surface area contributed by atoms with Crippen molar-refractivity contribution in [1.82, 2.24) is 0 Å². The molecular formula is C55H49B2N3. The fourth-order valence-electron chi connectivity index (χ4n) is 10.6. The van der Waals surface area contributed by atoms with E-state index in [0.717, 1.165) is 22.3 Å². The van der Waals surface area contributed by atoms with Crippen molar-refractivity contribution in [2.75, 3.05) is 4.90 Å². The van der Waals surface area contributed by atoms with Crippen LogP contribution in [-0.4, -0.2) is 13.4 Å². The van der Waals surface area contributed by atoms with Gasteiger partial charge in [0.05, 0.1) is 23.3 Å². The first-order chi connectivity index (χ1) is 28.7. The van der Waals surface area contributed by atoms with Gasteiger partial charge in [-0.3, -0.25) is 0 Å². The van der Waals surface area contributed by atoms with E-state index in [1.165, 1.54) is 111 Å². The highest BCUT2D eigenvalue weighted by molar-refractivity contribution is 7.02. The van der Waals surface area contributed by atoms with Gasteiger partial charge in [-0.25, -0.2) is 0 Å². The molecule has 9 rings (SSSR count). The zero-order valence-electron chi connectivity index (χ0n) is 36.7. The lowest BCUT2D eigenvalue weighted by Crippen LogP contribution is -2.66. The summed E-state index contributed by atoms with van der Waals surface area (Å²) in [5.74, 6) is 0. The Labute approximate surface area is 357 Å². The summed E-state index contributed by atoms with van der Waals surface area (Å²) in [4.78, 5) is 2.57. The molecule has 2 heterocycles. The fraction of sp³-hybridized carbons (Fsp3) is 0.200. The second-order valence-corrected chi connectivity index (χ2v) is 17.5. The van der Waals surface area contributed by atoms with Crippen molar-refractivity contribution in [3.63, 3.8) is 0 Å². The molecule has 60 heavy (non-hydrogen) atoms. The summed E-state index contributed by atoms with van der Waals surface area (Å²) in [6, 6.07) is 39.6. The average Bonchev–Trinajstić information content (AvgIpc) is 3.27. The van der Waals surface area contributed by atoms with Crippen LogP contribution >= 0.6 is 0 Å². The van der Waals surface area contributed by atoms with Crippen LogP contribution in [0.25, 0.3) is 22.3 Å². The monoisotopic (exact) mass is 773 g/mol. The van der Waals surface area contributed by atoms with Gasteiger partial charge in [-0.05, 0) is 190 Å². The van der Waals surface area contributed by atoms with Crippen molar-refractivity contribution in [3.05, 3.63) is 169 Å². The van der Waals surface area contributed by atoms with Crippen LogP contribution in [0, 0.1) is 98.8 Å². The highest BCUT2D eigenvalue weighted by Gasteiger charge is 2.45. The lowest BCUT2D eigenvalue weighted by molar-refractivity contribution is 1.19. The van der Waals surface area contributed by atoms with Crippen molar-refractivity contribution < 1.29 is 0 Å². The Balaban J connectivity index is 1.41. The first kappa shape index (κ1) is 38.9. The van der Waals surface area contributed by atoms with Crippen molar-refractivity contribution in [2.45, 2.75) is 76.2 Å². The molecule has 2 aliphatic heterocycles. The Hall–Kier alpha value is -6.55. The van der Waals surface area contributed by atoms with Crippen LogP contribution in [0.5, 0.6) is 0 Å². The van der Waals surface area contributed by atoms with Crippen molar-refractivity contribution >= 4 is 63.3 Å². The van der Waals surface area contributed by atoms with E-state index >= 15 is 0 Å². The number of nitriles is 2. The van der Waals surface area contributed by atoms with Crippen LogP contribution in [-0.2, 0) is 0 Å². The number of aryl methyl sites for hydroxylation is 1. The Kier molecular flexibility index (Phi) is 9.30. The van der Waals surface area contributed by atoms with E-state index < -0.39 is 0 Å². The average molecular weight is 774 g/mol. The van der Waals surface area contributed by atoms with Crippen molar-refractivity contribution in [2.24, 2.45) is 0 Å². The Bertz CT molecular complexity index is 2810. The number of rotatable bonds is 4. The molecule has 0 aliphatic carbocycles. The van der Waals surface area contributed by atoms with Crippen molar-refractivity contribution in [3.8, 4) is 34.4 Å². The lowest BCUT2D eigenvalue weighted by Gasteiger charge is -2.45. The summed E-state index contributed by atoms with van der Waals surface area (Å²) in [5.41, 5.74) is 32.4. The van der Waals surface area contributed by atoms with E-state index in [-0.39, 0.29) is 13.4 Å². The third-order valence-corrected chi connectivity index (χ3v) is 14.7. The smallest absolute Gasteiger partial charge is 0.247 e. The first-order valence-electron chi connectivity index (χ1n) is 21.1. The molecule has 0 aromatic heterocycles. The molecule has 0 radical (unpaired) electrons. The Morgan fingerprint density at radius 1 is 0.367 bits per heavy atom. The predicted octanol–water partition coefficient (Wildman–Crippen LogP) is 9.29. The highest BCUT2D eigenvalue weighted by atomic mass is 15.2. The molecule has 5 heteroatoms. The van der Waals surface area contributed by atoms with Gasteiger partial charge in [-0.2, -0.15) is 10.5 Å². The molecule has 290 valence electrons. The molecule has 0 fully saturated rings. The molecule has 3 nitrogen and oxygen atoms in total. The van der Waals surface area contributed by atoms with E-state index in [1.807, 2.05) is 24.3 Å². The van der Waals surface area contributed by atoms with Gasteiger partial charge < -0.3 is 4.90 Å². The summed E-state index contributed by atoms with van der Waals surface area (Å²) in [7, 11) is 0. The van der Waals surface area contributed by atoms with Crippen LogP contribution in [0.4, 0.5) is 17.1 Å². The van der Waals surface area contributed by atoms with Crippen LogP contribution in [0.15, 0.2) is 97.1 Å². The SMILES string of the molecule is Cc1cc2c3c(c1)B(c1c(C)c(C)c(C)c(C)c1C)c1cc(-c4ccc(C#N)cc4)ccc1N3c1ccc(-c3ccc(C#N)cc3)cc1B2c1c(C)c(C)c(C)c(C)c1C. The normalized spacial score (nSPS) is 12.4. The molecule has 0 unspecified atom stereocenters. The zero-order chi connectivity index (χ0) is 42.5. The van der Waals surface area contributed by atoms with Crippen LogP contribution in [0.2, 0.25) is 0 Å². The van der Waals surface area contributed by atoms with Gasteiger partial charge in [-0.15, -0.1) is 0 Å². The predicted molar refractivity (Wildman–Crippen MR) is 256 cm³/mol. The van der Waals surface area contributed by atoms with Gasteiger partial charge in [0, 0.05) is 17.1 Å². The van der Waals surface area contributed by atoms with Gasteiger partial charge in [0.1, 0.15) is 0 Å². The minimum Gasteiger partial charge on any atom is -0.313 e. The third kappa shape index (κ3) is 5.71. The standard InChI is InChI=1S/C55H49B2N3/c1-30-24-49-55-50(25-30)57(54-39(10)35(6)32(3)36(7)40(54)11)48-27-46(44-18-14-42(29-59)15-19-44)21-23-52(48)60(55)51-22-20-45(43-16-12-41(28-58)13-17-43)26-47(51)56(49)53-37(8)33(4)31(2)34(5)38(53)9/h12-27H,1-11H3. The molecule has 0 spiro atoms. The maximum atomic E-state index is 9.61. The number of hydrogen-bond acceptors (Lipinski definition) is 3. The highest BCUT2D eigenvalue weighted by Crippen LogP contribution is 2.41. The second-order valence-electron chi connectivity index (χ2n) is 17.5. The Morgan fingerprint density at radius 2 is 0.683 bits per heavy atom. The molecule has 0 atom stereocenters. The molecular weight excluding hydrogens is 724 g/mol. The maximum Gasteiger partial charge on any atom is 0.247 e. The number of hydrogen-bond donors (Lipinski definition) is 0. The molecule has 0 amide bonds. The molecule has 7 aromatic carbocycles. The summed E-state index contributed by atoms with van der Waals surface area (Å²) < 4.78 is 0. The summed E-state index contributed by atoms with van der Waals surface area (Å²) in [6.45, 7) is 25.3. The van der Waals surface area contributed by atoms with Crippen LogP contribution < -0.4 is 37.7 Å². The largest absolute Gasteiger partial charge is 0.313 e. The summed E-state index contributed by atoms with van der Waals surface area (Å²) >= 11 is 0. The molecule has 2 aliphatic rings. The molecule has 7 aromatic rings. The number of nitrogens with zero attached hydrogens (tertiary/aromatic N) is 3. The fourth-order valence-corrected chi connectivity index (χ4v) is 10.6. The minimum atomic E-state index is -0.00922. The molecule has 0 saturated heterocycles. The van der Waals surface area contributed by atoms with Gasteiger partial charge >= 0.3 is 0 Å². The number of fused-ring (bicyclic) bond motifs is 4. The summed E-state index contributed by atoms with van der Waals surface area (Å²) in [6.07, 6.45) is 0. The second kappa shape index (κ2) is 14.3. The molecule has 0 N–H and O–H groups in total. The van der Waals surface area contributed by atoms with Gasteiger partial charge in [0.25, 0.3) is 0 Å². The Morgan fingerprint density at radius 3 is 1.02 bits per heavy atom. The maximum absolute atomic E-state index is 9.61. The molecule has 0 saturated carbocycles. The number of benzene rings is 7. The van der Waals surface area contributed by atoms with Gasteiger partial charge in [0.15, 0.2) is 0 Å². The van der Waals surface area contributed by atoms with Gasteiger partial charge in [0.2, 0.25) is 13.4 Å². The van der Waals surface area contributed by atoms with Crippen molar-refractivity contribution in [1.29, 1.82) is 10.5 Å². The number of anilines is 3.